The Morgan fingerprint density at radius 3 is 2.14 bits per heavy atom. The fraction of sp³-hybridized carbons (Fsp3) is 0.889. The number of carbonyl (C=O) groups is 1. The van der Waals surface area contributed by atoms with E-state index in [0.717, 1.165) is 0 Å². The van der Waals surface area contributed by atoms with Gasteiger partial charge in [-0.2, -0.15) is 0 Å². The standard InChI is InChI=1S/C9H22N2O2Si/c1-7(8(12)11-10)13-14(5,6)9(2,3)4/h7H,10H2,1-6H3,(H,11,12). The zero-order chi connectivity index (χ0) is 11.6. The van der Waals surface area contributed by atoms with Crippen LogP contribution in [-0.4, -0.2) is 20.3 Å². The van der Waals surface area contributed by atoms with E-state index in [0.29, 0.717) is 0 Å². The van der Waals surface area contributed by atoms with Crippen molar-refractivity contribution in [2.45, 2.75) is 51.9 Å². The Hall–Kier alpha value is -0.393. The van der Waals surface area contributed by atoms with Crippen LogP contribution in [0.2, 0.25) is 18.1 Å². The van der Waals surface area contributed by atoms with E-state index in [-0.39, 0.29) is 10.9 Å². The van der Waals surface area contributed by atoms with Gasteiger partial charge in [-0.25, -0.2) is 5.84 Å². The van der Waals surface area contributed by atoms with Gasteiger partial charge in [0.15, 0.2) is 8.32 Å². The molecular formula is C9H22N2O2Si. The van der Waals surface area contributed by atoms with Gasteiger partial charge in [-0.3, -0.25) is 10.2 Å². The fourth-order valence-electron chi connectivity index (χ4n) is 0.790. The number of hydrogen-bond acceptors (Lipinski definition) is 3. The SMILES string of the molecule is CC(O[Si](C)(C)C(C)(C)C)C(=O)NN. The molecule has 0 saturated carbocycles. The molecule has 1 unspecified atom stereocenters. The molecule has 0 aromatic heterocycles. The van der Waals surface area contributed by atoms with Crippen molar-refractivity contribution in [3.8, 4) is 0 Å². The molecule has 1 atom stereocenters. The van der Waals surface area contributed by atoms with Crippen molar-refractivity contribution >= 4 is 14.2 Å². The number of hydrazine groups is 1. The second-order valence-corrected chi connectivity index (χ2v) is 9.79. The fourth-order valence-corrected chi connectivity index (χ4v) is 2.13. The third-order valence-electron chi connectivity index (χ3n) is 2.79. The molecule has 3 N–H and O–H groups in total. The van der Waals surface area contributed by atoms with Crippen LogP contribution in [0.4, 0.5) is 0 Å². The predicted molar refractivity (Wildman–Crippen MR) is 60.1 cm³/mol. The highest BCUT2D eigenvalue weighted by atomic mass is 28.4. The third kappa shape index (κ3) is 3.40. The lowest BCUT2D eigenvalue weighted by Gasteiger charge is -2.37. The van der Waals surface area contributed by atoms with E-state index in [9.17, 15) is 4.79 Å². The van der Waals surface area contributed by atoms with Gasteiger partial charge in [0, 0.05) is 0 Å². The Labute approximate surface area is 87.3 Å². The number of nitrogens with two attached hydrogens (primary N) is 1. The molecule has 0 saturated heterocycles. The molecule has 0 aromatic carbocycles. The summed E-state index contributed by atoms with van der Waals surface area (Å²) < 4.78 is 5.80. The lowest BCUT2D eigenvalue weighted by molar-refractivity contribution is -0.127. The average molecular weight is 218 g/mol. The smallest absolute Gasteiger partial charge is 0.261 e. The van der Waals surface area contributed by atoms with Crippen molar-refractivity contribution in [3.05, 3.63) is 0 Å². The van der Waals surface area contributed by atoms with Crippen LogP contribution in [0, 0.1) is 0 Å². The van der Waals surface area contributed by atoms with Gasteiger partial charge in [0.25, 0.3) is 5.91 Å². The zero-order valence-corrected chi connectivity index (χ0v) is 11.0. The molecule has 0 spiro atoms. The van der Waals surface area contributed by atoms with Crippen molar-refractivity contribution in [1.82, 2.24) is 5.43 Å². The molecule has 0 aliphatic carbocycles. The van der Waals surface area contributed by atoms with Gasteiger partial charge in [0.2, 0.25) is 0 Å². The first-order valence-corrected chi connectivity index (χ1v) is 7.71. The molecule has 0 bridgehead atoms. The molecule has 14 heavy (non-hydrogen) atoms. The first-order chi connectivity index (χ1) is 6.12. The minimum atomic E-state index is -1.86. The molecule has 84 valence electrons. The number of amides is 1. The summed E-state index contributed by atoms with van der Waals surface area (Å²) in [7, 11) is -1.86. The van der Waals surface area contributed by atoms with Crippen molar-refractivity contribution in [2.24, 2.45) is 5.84 Å². The molecule has 0 radical (unpaired) electrons. The van der Waals surface area contributed by atoms with Crippen LogP contribution in [0.5, 0.6) is 0 Å². The van der Waals surface area contributed by atoms with Gasteiger partial charge >= 0.3 is 0 Å². The van der Waals surface area contributed by atoms with Gasteiger partial charge in [-0.1, -0.05) is 20.8 Å². The predicted octanol–water partition coefficient (Wildman–Crippen LogP) is 1.39. The first kappa shape index (κ1) is 13.6. The van der Waals surface area contributed by atoms with Gasteiger partial charge < -0.3 is 4.43 Å². The van der Waals surface area contributed by atoms with E-state index < -0.39 is 14.4 Å². The highest BCUT2D eigenvalue weighted by Gasteiger charge is 2.39. The number of nitrogens with one attached hydrogen (secondary N) is 1. The highest BCUT2D eigenvalue weighted by Crippen LogP contribution is 2.37. The zero-order valence-electron chi connectivity index (χ0n) is 9.97. The van der Waals surface area contributed by atoms with Gasteiger partial charge in [0.1, 0.15) is 6.10 Å². The van der Waals surface area contributed by atoms with Crippen molar-refractivity contribution in [3.63, 3.8) is 0 Å². The number of carbonyl (C=O) groups excluding carboxylic acids is 1. The molecule has 1 amide bonds. The molecule has 4 nitrogen and oxygen atoms in total. The largest absolute Gasteiger partial charge is 0.405 e. The number of hydrogen-bond donors (Lipinski definition) is 2. The molecule has 5 heteroatoms. The summed E-state index contributed by atoms with van der Waals surface area (Å²) in [5.41, 5.74) is 2.10. The van der Waals surface area contributed by atoms with E-state index in [1.165, 1.54) is 0 Å². The molecular weight excluding hydrogens is 196 g/mol. The summed E-state index contributed by atoms with van der Waals surface area (Å²) in [5, 5.41) is 0.107. The Morgan fingerprint density at radius 2 is 1.86 bits per heavy atom. The van der Waals surface area contributed by atoms with Crippen LogP contribution in [0.15, 0.2) is 0 Å². The summed E-state index contributed by atoms with van der Waals surface area (Å²) in [6.07, 6.45) is -0.471. The Kier molecular flexibility index (Phi) is 4.29. The van der Waals surface area contributed by atoms with E-state index >= 15 is 0 Å². The van der Waals surface area contributed by atoms with Crippen LogP contribution in [-0.2, 0) is 9.22 Å². The normalized spacial score (nSPS) is 15.1. The van der Waals surface area contributed by atoms with Crippen LogP contribution in [0.25, 0.3) is 0 Å². The van der Waals surface area contributed by atoms with Gasteiger partial charge in [-0.05, 0) is 25.1 Å². The first-order valence-electron chi connectivity index (χ1n) is 4.80. The third-order valence-corrected chi connectivity index (χ3v) is 7.34. The average Bonchev–Trinajstić information content (AvgIpc) is 2.00. The Morgan fingerprint density at radius 1 is 1.43 bits per heavy atom. The van der Waals surface area contributed by atoms with Crippen LogP contribution < -0.4 is 11.3 Å². The monoisotopic (exact) mass is 218 g/mol. The lowest BCUT2D eigenvalue weighted by Crippen LogP contribution is -2.48. The molecule has 0 fully saturated rings. The molecule has 0 aliphatic rings. The van der Waals surface area contributed by atoms with E-state index in [2.05, 4.69) is 39.3 Å². The maximum Gasteiger partial charge on any atom is 0.261 e. The Balaban J connectivity index is 4.44. The second-order valence-electron chi connectivity index (χ2n) is 5.03. The van der Waals surface area contributed by atoms with Crippen molar-refractivity contribution in [2.75, 3.05) is 0 Å². The summed E-state index contributed by atoms with van der Waals surface area (Å²) in [6.45, 7) is 12.3. The van der Waals surface area contributed by atoms with E-state index in [4.69, 9.17) is 10.3 Å². The minimum absolute atomic E-state index is 0.107. The van der Waals surface area contributed by atoms with Crippen molar-refractivity contribution < 1.29 is 9.22 Å². The van der Waals surface area contributed by atoms with Crippen LogP contribution >= 0.6 is 0 Å². The summed E-state index contributed by atoms with van der Waals surface area (Å²) in [5.74, 6) is 4.77. The highest BCUT2D eigenvalue weighted by molar-refractivity contribution is 6.74. The van der Waals surface area contributed by atoms with Crippen LogP contribution in [0.3, 0.4) is 0 Å². The molecule has 0 aromatic rings. The van der Waals surface area contributed by atoms with Crippen molar-refractivity contribution in [1.29, 1.82) is 0 Å². The van der Waals surface area contributed by atoms with E-state index in [1.54, 1.807) is 6.92 Å². The summed E-state index contributed by atoms with van der Waals surface area (Å²) in [4.78, 5) is 11.2. The Bertz CT molecular complexity index is 211. The minimum Gasteiger partial charge on any atom is -0.405 e. The maximum atomic E-state index is 11.2. The molecule has 0 aliphatic heterocycles. The van der Waals surface area contributed by atoms with Crippen LogP contribution in [0.1, 0.15) is 27.7 Å². The maximum absolute atomic E-state index is 11.2. The lowest BCUT2D eigenvalue weighted by atomic mass is 10.2. The quantitative estimate of drug-likeness (QED) is 0.325. The van der Waals surface area contributed by atoms with Gasteiger partial charge in [-0.15, -0.1) is 0 Å². The van der Waals surface area contributed by atoms with E-state index in [1.807, 2.05) is 0 Å². The summed E-state index contributed by atoms with van der Waals surface area (Å²) >= 11 is 0. The molecule has 0 heterocycles. The topological polar surface area (TPSA) is 64.3 Å². The molecule has 0 rings (SSSR count). The summed E-state index contributed by atoms with van der Waals surface area (Å²) in [6, 6.07) is 0. The number of rotatable bonds is 3. The second kappa shape index (κ2) is 4.42. The van der Waals surface area contributed by atoms with Gasteiger partial charge in [0.05, 0.1) is 0 Å².